The van der Waals surface area contributed by atoms with Crippen LogP contribution in [0.25, 0.3) is 0 Å². The molecule has 0 aliphatic carbocycles. The number of urea groups is 1. The lowest BCUT2D eigenvalue weighted by Gasteiger charge is -2.28. The van der Waals surface area contributed by atoms with Gasteiger partial charge in [-0.15, -0.1) is 0 Å². The van der Waals surface area contributed by atoms with E-state index < -0.39 is 0 Å². The molecule has 5 heteroatoms. The molecule has 128 valence electrons. The highest BCUT2D eigenvalue weighted by Crippen LogP contribution is 2.18. The van der Waals surface area contributed by atoms with Crippen LogP contribution in [0.4, 0.5) is 4.79 Å². The van der Waals surface area contributed by atoms with Gasteiger partial charge in [0.2, 0.25) is 5.91 Å². The van der Waals surface area contributed by atoms with Crippen LogP contribution in [0.1, 0.15) is 44.7 Å². The maximum atomic E-state index is 12.5. The second-order valence-electron chi connectivity index (χ2n) is 6.15. The van der Waals surface area contributed by atoms with E-state index in [0.717, 1.165) is 18.4 Å². The van der Waals surface area contributed by atoms with Crippen molar-refractivity contribution in [2.75, 3.05) is 21.1 Å². The Morgan fingerprint density at radius 3 is 2.26 bits per heavy atom. The second-order valence-corrected chi connectivity index (χ2v) is 6.15. The van der Waals surface area contributed by atoms with Crippen molar-refractivity contribution < 1.29 is 9.59 Å². The number of hydrogen-bond acceptors (Lipinski definition) is 2. The van der Waals surface area contributed by atoms with Gasteiger partial charge in [0.15, 0.2) is 0 Å². The first kappa shape index (κ1) is 19.0. The van der Waals surface area contributed by atoms with Crippen LogP contribution < -0.4 is 5.32 Å². The molecule has 2 atom stereocenters. The summed E-state index contributed by atoms with van der Waals surface area (Å²) in [4.78, 5) is 27.8. The maximum Gasteiger partial charge on any atom is 0.317 e. The van der Waals surface area contributed by atoms with E-state index in [-0.39, 0.29) is 30.4 Å². The predicted molar refractivity (Wildman–Crippen MR) is 93.2 cm³/mol. The molecule has 1 rings (SSSR count). The van der Waals surface area contributed by atoms with Crippen LogP contribution in [0.5, 0.6) is 0 Å². The van der Waals surface area contributed by atoms with Crippen molar-refractivity contribution in [2.24, 2.45) is 0 Å². The summed E-state index contributed by atoms with van der Waals surface area (Å²) < 4.78 is 0. The van der Waals surface area contributed by atoms with Crippen LogP contribution in [0.15, 0.2) is 30.3 Å². The van der Waals surface area contributed by atoms with Crippen LogP contribution in [-0.4, -0.2) is 48.9 Å². The zero-order chi connectivity index (χ0) is 17.4. The molecular weight excluding hydrogens is 290 g/mol. The molecule has 1 N–H and O–H groups in total. The van der Waals surface area contributed by atoms with Gasteiger partial charge in [-0.2, -0.15) is 0 Å². The van der Waals surface area contributed by atoms with Crippen LogP contribution in [0.2, 0.25) is 0 Å². The summed E-state index contributed by atoms with van der Waals surface area (Å²) in [5.74, 6) is -0.0107. The van der Waals surface area contributed by atoms with Gasteiger partial charge in [0, 0.05) is 27.2 Å². The van der Waals surface area contributed by atoms with E-state index in [9.17, 15) is 9.59 Å². The van der Waals surface area contributed by atoms with Crippen LogP contribution in [0.3, 0.4) is 0 Å². The number of amides is 3. The highest BCUT2D eigenvalue weighted by molar-refractivity contribution is 5.79. The molecule has 5 nitrogen and oxygen atoms in total. The Labute approximate surface area is 139 Å². The highest BCUT2D eigenvalue weighted by atomic mass is 16.2. The summed E-state index contributed by atoms with van der Waals surface area (Å²) in [6.07, 6.45) is 2.23. The van der Waals surface area contributed by atoms with Crippen molar-refractivity contribution in [2.45, 2.75) is 45.2 Å². The molecule has 0 saturated carbocycles. The lowest BCUT2D eigenvalue weighted by molar-refractivity contribution is -0.129. The number of nitrogens with one attached hydrogen (secondary N) is 1. The topological polar surface area (TPSA) is 52.7 Å². The zero-order valence-electron chi connectivity index (χ0n) is 14.9. The molecule has 1 aromatic carbocycles. The summed E-state index contributed by atoms with van der Waals surface area (Å²) in [5.41, 5.74) is 0.938. The lowest BCUT2D eigenvalue weighted by atomic mass is 10.0. The number of carbonyl (C=O) groups is 2. The third kappa shape index (κ3) is 5.93. The predicted octanol–water partition coefficient (Wildman–Crippen LogP) is 3.04. The number of nitrogens with zero attached hydrogens (tertiary/aromatic N) is 2. The molecule has 23 heavy (non-hydrogen) atoms. The molecule has 0 spiro atoms. The first-order chi connectivity index (χ1) is 10.9. The minimum atomic E-state index is -0.324. The Morgan fingerprint density at radius 2 is 1.74 bits per heavy atom. The molecule has 1 aromatic rings. The van der Waals surface area contributed by atoms with Crippen molar-refractivity contribution in [1.29, 1.82) is 0 Å². The van der Waals surface area contributed by atoms with Gasteiger partial charge in [-0.25, -0.2) is 4.79 Å². The monoisotopic (exact) mass is 319 g/mol. The van der Waals surface area contributed by atoms with E-state index >= 15 is 0 Å². The van der Waals surface area contributed by atoms with Crippen LogP contribution >= 0.6 is 0 Å². The SMILES string of the molecule is CCC[C@H](C)N(C)C(=O)N[C@@H](CC(=O)N(C)C)c1ccccc1. The fourth-order valence-corrected chi connectivity index (χ4v) is 2.36. The first-order valence-electron chi connectivity index (χ1n) is 8.15. The smallest absolute Gasteiger partial charge is 0.317 e. The third-order valence-electron chi connectivity index (χ3n) is 4.07. The fraction of sp³-hybridized carbons (Fsp3) is 0.556. The number of carbonyl (C=O) groups excluding carboxylic acids is 2. The molecule has 0 unspecified atom stereocenters. The highest BCUT2D eigenvalue weighted by Gasteiger charge is 2.22. The van der Waals surface area contributed by atoms with E-state index in [1.807, 2.05) is 37.3 Å². The van der Waals surface area contributed by atoms with E-state index in [0.29, 0.717) is 0 Å². The third-order valence-corrected chi connectivity index (χ3v) is 4.07. The Bertz CT molecular complexity index is 502. The molecule has 0 radical (unpaired) electrons. The number of benzene rings is 1. The standard InChI is InChI=1S/C18H29N3O2/c1-6-10-14(2)21(5)18(23)19-16(13-17(22)20(3)4)15-11-8-7-9-12-15/h7-9,11-12,14,16H,6,10,13H2,1-5H3,(H,19,23)/t14-,16-/m0/s1. The Balaban J connectivity index is 2.84. The average Bonchev–Trinajstić information content (AvgIpc) is 2.54. The first-order valence-corrected chi connectivity index (χ1v) is 8.15. The molecule has 0 saturated heterocycles. The van der Waals surface area contributed by atoms with E-state index in [4.69, 9.17) is 0 Å². The van der Waals surface area contributed by atoms with E-state index in [2.05, 4.69) is 12.2 Å². The molecule has 0 aromatic heterocycles. The van der Waals surface area contributed by atoms with Gasteiger partial charge in [0.25, 0.3) is 0 Å². The van der Waals surface area contributed by atoms with Crippen molar-refractivity contribution in [3.05, 3.63) is 35.9 Å². The van der Waals surface area contributed by atoms with Crippen LogP contribution in [-0.2, 0) is 4.79 Å². The number of rotatable bonds is 7. The minimum absolute atomic E-state index is 0.0107. The zero-order valence-corrected chi connectivity index (χ0v) is 14.9. The molecule has 0 aliphatic rings. The van der Waals surface area contributed by atoms with Gasteiger partial charge in [-0.1, -0.05) is 43.7 Å². The summed E-state index contributed by atoms with van der Waals surface area (Å²) >= 11 is 0. The van der Waals surface area contributed by atoms with Crippen LogP contribution in [0, 0.1) is 0 Å². The van der Waals surface area contributed by atoms with Gasteiger partial charge < -0.3 is 15.1 Å². The molecule has 0 aliphatic heterocycles. The summed E-state index contributed by atoms with van der Waals surface area (Å²) in [5, 5.41) is 3.00. The normalized spacial score (nSPS) is 13.1. The van der Waals surface area contributed by atoms with Gasteiger partial charge in [0.1, 0.15) is 0 Å². The minimum Gasteiger partial charge on any atom is -0.349 e. The van der Waals surface area contributed by atoms with Gasteiger partial charge >= 0.3 is 6.03 Å². The van der Waals surface area contributed by atoms with Gasteiger partial charge in [0.05, 0.1) is 12.5 Å². The molecule has 0 heterocycles. The van der Waals surface area contributed by atoms with Crippen molar-refractivity contribution >= 4 is 11.9 Å². The largest absolute Gasteiger partial charge is 0.349 e. The molecule has 3 amide bonds. The van der Waals surface area contributed by atoms with Gasteiger partial charge in [-0.3, -0.25) is 4.79 Å². The van der Waals surface area contributed by atoms with E-state index in [1.54, 1.807) is 30.9 Å². The molecular formula is C18H29N3O2. The van der Waals surface area contributed by atoms with E-state index in [1.165, 1.54) is 0 Å². The second kappa shape index (κ2) is 9.18. The summed E-state index contributed by atoms with van der Waals surface area (Å²) in [7, 11) is 5.24. The molecule has 0 fully saturated rings. The Hall–Kier alpha value is -2.04. The molecule has 0 bridgehead atoms. The maximum absolute atomic E-state index is 12.5. The van der Waals surface area contributed by atoms with Crippen molar-refractivity contribution in [1.82, 2.24) is 15.1 Å². The Morgan fingerprint density at radius 1 is 1.13 bits per heavy atom. The average molecular weight is 319 g/mol. The summed E-state index contributed by atoms with van der Waals surface area (Å²) in [6.45, 7) is 4.14. The van der Waals surface area contributed by atoms with Crippen molar-refractivity contribution in [3.63, 3.8) is 0 Å². The van der Waals surface area contributed by atoms with Crippen molar-refractivity contribution in [3.8, 4) is 0 Å². The quantitative estimate of drug-likeness (QED) is 0.840. The summed E-state index contributed by atoms with van der Waals surface area (Å²) in [6, 6.07) is 9.32. The lowest BCUT2D eigenvalue weighted by Crippen LogP contribution is -2.44. The Kier molecular flexibility index (Phi) is 7.59. The number of hydrogen-bond donors (Lipinski definition) is 1. The van der Waals surface area contributed by atoms with Gasteiger partial charge in [-0.05, 0) is 18.9 Å². The fourth-order valence-electron chi connectivity index (χ4n) is 2.36.